The Morgan fingerprint density at radius 3 is 2.48 bits per heavy atom. The molecule has 166 valence electrons. The summed E-state index contributed by atoms with van der Waals surface area (Å²) < 4.78 is 12.1. The number of hydrazone groups is 1. The van der Waals surface area contributed by atoms with Crippen molar-refractivity contribution in [3.05, 3.63) is 106 Å². The molecule has 33 heavy (non-hydrogen) atoms. The van der Waals surface area contributed by atoms with Gasteiger partial charge in [0.15, 0.2) is 0 Å². The quantitative estimate of drug-likeness (QED) is 0.239. The molecule has 0 atom stereocenters. The van der Waals surface area contributed by atoms with E-state index < -0.39 is 0 Å². The third-order valence-corrected chi connectivity index (χ3v) is 5.74. The highest BCUT2D eigenvalue weighted by Crippen LogP contribution is 2.27. The molecule has 0 aromatic heterocycles. The zero-order chi connectivity index (χ0) is 23.2. The maximum Gasteiger partial charge on any atom is 0.275 e. The summed E-state index contributed by atoms with van der Waals surface area (Å²) in [5.74, 6) is 0.892. The van der Waals surface area contributed by atoms with Gasteiger partial charge in [0.25, 0.3) is 5.91 Å². The summed E-state index contributed by atoms with van der Waals surface area (Å²) in [6.07, 6.45) is 1.58. The van der Waals surface area contributed by atoms with E-state index in [1.807, 2.05) is 60.7 Å². The van der Waals surface area contributed by atoms with Gasteiger partial charge in [0.2, 0.25) is 0 Å². The molecule has 4 aromatic rings. The van der Waals surface area contributed by atoms with Crippen LogP contribution in [-0.4, -0.2) is 19.2 Å². The lowest BCUT2D eigenvalue weighted by atomic mass is 10.1. The van der Waals surface area contributed by atoms with Crippen LogP contribution in [-0.2, 0) is 6.61 Å². The van der Waals surface area contributed by atoms with E-state index in [0.717, 1.165) is 32.1 Å². The number of benzene rings is 4. The van der Waals surface area contributed by atoms with Gasteiger partial charge in [-0.25, -0.2) is 5.43 Å². The van der Waals surface area contributed by atoms with Gasteiger partial charge in [-0.3, -0.25) is 4.79 Å². The fourth-order valence-corrected chi connectivity index (χ4v) is 3.98. The number of carbonyl (C=O) groups excluding carboxylic acids is 1. The van der Waals surface area contributed by atoms with Gasteiger partial charge in [0.05, 0.1) is 23.4 Å². The van der Waals surface area contributed by atoms with E-state index in [0.29, 0.717) is 17.9 Å². The Morgan fingerprint density at radius 2 is 1.76 bits per heavy atom. The molecule has 4 aromatic carbocycles. The number of nitrogens with zero attached hydrogens (tertiary/aromatic N) is 1. The van der Waals surface area contributed by atoms with Gasteiger partial charge < -0.3 is 9.47 Å². The number of nitrogens with one attached hydrogen (secondary N) is 1. The molecule has 0 heterocycles. The minimum atomic E-state index is -0.342. The van der Waals surface area contributed by atoms with Crippen LogP contribution in [0.15, 0.2) is 88.4 Å². The molecule has 1 amide bonds. The van der Waals surface area contributed by atoms with Crippen LogP contribution in [0.3, 0.4) is 0 Å². The Morgan fingerprint density at radius 1 is 0.970 bits per heavy atom. The summed E-state index contributed by atoms with van der Waals surface area (Å²) in [6.45, 7) is 2.54. The Labute approximate surface area is 201 Å². The lowest BCUT2D eigenvalue weighted by molar-refractivity contribution is 0.0952. The second kappa shape index (κ2) is 10.3. The molecular weight excluding hydrogens is 480 g/mol. The van der Waals surface area contributed by atoms with Crippen LogP contribution >= 0.6 is 15.9 Å². The van der Waals surface area contributed by atoms with E-state index >= 15 is 0 Å². The van der Waals surface area contributed by atoms with Crippen LogP contribution < -0.4 is 14.9 Å². The molecule has 1 N–H and O–H groups in total. The number of halogens is 1. The van der Waals surface area contributed by atoms with Crippen LogP contribution in [0, 0.1) is 6.92 Å². The first kappa shape index (κ1) is 22.6. The minimum Gasteiger partial charge on any atom is -0.496 e. The summed E-state index contributed by atoms with van der Waals surface area (Å²) in [5.41, 5.74) is 6.13. The zero-order valence-corrected chi connectivity index (χ0v) is 19.9. The van der Waals surface area contributed by atoms with Gasteiger partial charge in [-0.15, -0.1) is 0 Å². The Bertz CT molecular complexity index is 1330. The maximum atomic E-state index is 12.7. The van der Waals surface area contributed by atoms with Gasteiger partial charge in [-0.2, -0.15) is 5.10 Å². The lowest BCUT2D eigenvalue weighted by Crippen LogP contribution is -2.18. The number of aryl methyl sites for hydroxylation is 1. The molecule has 5 nitrogen and oxygen atoms in total. The third-order valence-electron chi connectivity index (χ3n) is 5.12. The number of rotatable bonds is 7. The Hall–Kier alpha value is -3.64. The molecule has 0 aliphatic rings. The van der Waals surface area contributed by atoms with Crippen LogP contribution in [0.4, 0.5) is 0 Å². The van der Waals surface area contributed by atoms with Crippen molar-refractivity contribution in [2.45, 2.75) is 13.5 Å². The zero-order valence-electron chi connectivity index (χ0n) is 18.3. The van der Waals surface area contributed by atoms with E-state index in [1.54, 1.807) is 19.4 Å². The lowest BCUT2D eigenvalue weighted by Gasteiger charge is -2.10. The number of amides is 1. The van der Waals surface area contributed by atoms with Crippen molar-refractivity contribution in [1.29, 1.82) is 0 Å². The molecule has 0 unspecified atom stereocenters. The summed E-state index contributed by atoms with van der Waals surface area (Å²) in [5, 5.41) is 6.07. The first-order chi connectivity index (χ1) is 16.0. The van der Waals surface area contributed by atoms with Crippen LogP contribution in [0.5, 0.6) is 11.5 Å². The number of hydrogen-bond acceptors (Lipinski definition) is 4. The molecule has 0 saturated heterocycles. The summed E-state index contributed by atoms with van der Waals surface area (Å²) in [4.78, 5) is 12.7. The monoisotopic (exact) mass is 502 g/mol. The van der Waals surface area contributed by atoms with E-state index in [2.05, 4.69) is 45.5 Å². The van der Waals surface area contributed by atoms with Gasteiger partial charge in [0.1, 0.15) is 18.1 Å². The molecular formula is C27H23BrN2O3. The summed E-state index contributed by atoms with van der Waals surface area (Å²) in [6, 6.07) is 25.3. The van der Waals surface area contributed by atoms with Gasteiger partial charge >= 0.3 is 0 Å². The predicted molar refractivity (Wildman–Crippen MR) is 135 cm³/mol. The molecule has 0 fully saturated rings. The van der Waals surface area contributed by atoms with Crippen molar-refractivity contribution in [2.75, 3.05) is 7.11 Å². The van der Waals surface area contributed by atoms with Crippen LogP contribution in [0.25, 0.3) is 10.8 Å². The standard InChI is InChI=1S/C27H23BrN2O3/c1-18-6-5-7-20(12-18)17-33-25-11-10-19(13-24(25)28)16-29-30-27(31)23-14-21-8-3-4-9-22(21)15-26(23)32-2/h3-16H,17H2,1-2H3,(H,30,31)/b29-16-. The van der Waals surface area contributed by atoms with Crippen LogP contribution in [0.2, 0.25) is 0 Å². The van der Waals surface area contributed by atoms with Crippen molar-refractivity contribution < 1.29 is 14.3 Å². The van der Waals surface area contributed by atoms with Gasteiger partial charge in [0, 0.05) is 0 Å². The second-order valence-corrected chi connectivity index (χ2v) is 8.42. The average molecular weight is 503 g/mol. The number of methoxy groups -OCH3 is 1. The molecule has 0 aliphatic carbocycles. The predicted octanol–water partition coefficient (Wildman–Crippen LogP) is 6.26. The molecule has 0 saturated carbocycles. The number of hydrogen-bond donors (Lipinski definition) is 1. The maximum absolute atomic E-state index is 12.7. The fraction of sp³-hybridized carbons (Fsp3) is 0.111. The van der Waals surface area contributed by atoms with E-state index in [-0.39, 0.29) is 5.91 Å². The van der Waals surface area contributed by atoms with Crippen LogP contribution in [0.1, 0.15) is 27.0 Å². The topological polar surface area (TPSA) is 59.9 Å². The molecule has 0 bridgehead atoms. The van der Waals surface area contributed by atoms with Crippen molar-refractivity contribution >= 4 is 38.8 Å². The number of ether oxygens (including phenoxy) is 2. The SMILES string of the molecule is COc1cc2ccccc2cc1C(=O)N/N=C\c1ccc(OCc2cccc(C)c2)c(Br)c1. The van der Waals surface area contributed by atoms with E-state index in [4.69, 9.17) is 9.47 Å². The Balaban J connectivity index is 1.41. The highest BCUT2D eigenvalue weighted by molar-refractivity contribution is 9.10. The Kier molecular flexibility index (Phi) is 7.05. The molecule has 4 rings (SSSR count). The van der Waals surface area contributed by atoms with E-state index in [9.17, 15) is 4.79 Å². The van der Waals surface area contributed by atoms with Gasteiger partial charge in [-0.05, 0) is 75.1 Å². The van der Waals surface area contributed by atoms with E-state index in [1.165, 1.54) is 5.56 Å². The number of carbonyl (C=O) groups is 1. The fourth-order valence-electron chi connectivity index (χ4n) is 3.47. The molecule has 6 heteroatoms. The minimum absolute atomic E-state index is 0.342. The highest BCUT2D eigenvalue weighted by atomic mass is 79.9. The second-order valence-electron chi connectivity index (χ2n) is 7.57. The number of fused-ring (bicyclic) bond motifs is 1. The first-order valence-electron chi connectivity index (χ1n) is 10.4. The van der Waals surface area contributed by atoms with Gasteiger partial charge in [-0.1, -0.05) is 54.1 Å². The third kappa shape index (κ3) is 5.59. The van der Waals surface area contributed by atoms with Crippen molar-refractivity contribution in [3.8, 4) is 11.5 Å². The molecule has 0 spiro atoms. The first-order valence-corrected chi connectivity index (χ1v) is 11.2. The van der Waals surface area contributed by atoms with Crippen molar-refractivity contribution in [1.82, 2.24) is 5.43 Å². The summed E-state index contributed by atoms with van der Waals surface area (Å²) in [7, 11) is 1.55. The molecule has 0 aliphatic heterocycles. The largest absolute Gasteiger partial charge is 0.496 e. The smallest absolute Gasteiger partial charge is 0.275 e. The normalized spacial score (nSPS) is 11.0. The summed E-state index contributed by atoms with van der Waals surface area (Å²) >= 11 is 3.54. The van der Waals surface area contributed by atoms with Crippen molar-refractivity contribution in [2.24, 2.45) is 5.10 Å². The highest BCUT2D eigenvalue weighted by Gasteiger charge is 2.13. The molecule has 0 radical (unpaired) electrons. The van der Waals surface area contributed by atoms with Crippen molar-refractivity contribution in [3.63, 3.8) is 0 Å². The average Bonchev–Trinajstić information content (AvgIpc) is 2.82.